The van der Waals surface area contributed by atoms with Gasteiger partial charge in [0.1, 0.15) is 5.75 Å². The van der Waals surface area contributed by atoms with Crippen LogP contribution in [-0.2, 0) is 0 Å². The van der Waals surface area contributed by atoms with Crippen LogP contribution < -0.4 is 5.32 Å². The van der Waals surface area contributed by atoms with Gasteiger partial charge in [-0.25, -0.2) is 0 Å². The summed E-state index contributed by atoms with van der Waals surface area (Å²) in [4.78, 5) is 13.9. The molecule has 104 valence electrons. The third kappa shape index (κ3) is 3.61. The van der Waals surface area contributed by atoms with Crippen LogP contribution in [0.3, 0.4) is 0 Å². The molecule has 0 radical (unpaired) electrons. The minimum absolute atomic E-state index is 0.0250. The summed E-state index contributed by atoms with van der Waals surface area (Å²) < 4.78 is 0. The fourth-order valence-electron chi connectivity index (χ4n) is 2.44. The molecule has 4 nitrogen and oxygen atoms in total. The van der Waals surface area contributed by atoms with Crippen LogP contribution in [-0.4, -0.2) is 42.6 Å². The number of phenolic OH excluding ortho intramolecular Hbond substituents is 1. The average molecular weight is 283 g/mol. The van der Waals surface area contributed by atoms with Gasteiger partial charge in [-0.15, -0.1) is 0 Å². The van der Waals surface area contributed by atoms with Crippen LogP contribution in [0.15, 0.2) is 18.2 Å². The number of rotatable bonds is 3. The van der Waals surface area contributed by atoms with Crippen molar-refractivity contribution in [1.82, 2.24) is 10.2 Å². The highest BCUT2D eigenvalue weighted by Gasteiger charge is 2.21. The van der Waals surface area contributed by atoms with Crippen molar-refractivity contribution in [3.8, 4) is 5.75 Å². The molecule has 1 aliphatic rings. The van der Waals surface area contributed by atoms with Gasteiger partial charge in [-0.3, -0.25) is 4.79 Å². The van der Waals surface area contributed by atoms with Gasteiger partial charge in [-0.2, -0.15) is 0 Å². The predicted molar refractivity (Wildman–Crippen MR) is 75.7 cm³/mol. The van der Waals surface area contributed by atoms with Crippen molar-refractivity contribution in [2.45, 2.75) is 12.8 Å². The van der Waals surface area contributed by atoms with E-state index in [1.54, 1.807) is 18.0 Å². The first-order valence-corrected chi connectivity index (χ1v) is 6.90. The fourth-order valence-corrected chi connectivity index (χ4v) is 2.61. The average Bonchev–Trinajstić information content (AvgIpc) is 2.42. The Morgan fingerprint density at radius 1 is 1.58 bits per heavy atom. The zero-order chi connectivity index (χ0) is 13.8. The Morgan fingerprint density at radius 3 is 3.05 bits per heavy atom. The van der Waals surface area contributed by atoms with Crippen molar-refractivity contribution in [2.24, 2.45) is 5.92 Å². The molecule has 2 N–H and O–H groups in total. The van der Waals surface area contributed by atoms with E-state index in [1.165, 1.54) is 12.1 Å². The van der Waals surface area contributed by atoms with Gasteiger partial charge in [0.2, 0.25) is 0 Å². The number of benzene rings is 1. The lowest BCUT2D eigenvalue weighted by atomic mass is 9.99. The number of carbonyl (C=O) groups excluding carboxylic acids is 1. The van der Waals surface area contributed by atoms with Crippen molar-refractivity contribution in [1.29, 1.82) is 0 Å². The van der Waals surface area contributed by atoms with Crippen LogP contribution >= 0.6 is 11.6 Å². The van der Waals surface area contributed by atoms with Gasteiger partial charge in [0, 0.05) is 18.6 Å². The normalized spacial score (nSPS) is 19.2. The second-order valence-corrected chi connectivity index (χ2v) is 5.50. The minimum Gasteiger partial charge on any atom is -0.507 e. The Hall–Kier alpha value is -1.26. The smallest absolute Gasteiger partial charge is 0.257 e. The van der Waals surface area contributed by atoms with Gasteiger partial charge in [0.05, 0.1) is 5.56 Å². The maximum Gasteiger partial charge on any atom is 0.257 e. The number of phenols is 1. The van der Waals surface area contributed by atoms with Crippen LogP contribution in [0.25, 0.3) is 0 Å². The maximum atomic E-state index is 12.3. The molecule has 1 fully saturated rings. The lowest BCUT2D eigenvalue weighted by molar-refractivity contribution is 0.0761. The van der Waals surface area contributed by atoms with E-state index in [2.05, 4.69) is 5.32 Å². The summed E-state index contributed by atoms with van der Waals surface area (Å²) in [6.45, 7) is 2.69. The summed E-state index contributed by atoms with van der Waals surface area (Å²) >= 11 is 5.87. The first-order chi connectivity index (χ1) is 9.08. The molecule has 1 aliphatic heterocycles. The Labute approximate surface area is 118 Å². The molecule has 1 aromatic carbocycles. The lowest BCUT2D eigenvalue weighted by Gasteiger charge is -2.27. The molecule has 1 heterocycles. The number of halogens is 1. The van der Waals surface area contributed by atoms with Gasteiger partial charge >= 0.3 is 0 Å². The summed E-state index contributed by atoms with van der Waals surface area (Å²) in [7, 11) is 1.76. The highest BCUT2D eigenvalue weighted by Crippen LogP contribution is 2.23. The molecular weight excluding hydrogens is 264 g/mol. The number of piperidine rings is 1. The summed E-state index contributed by atoms with van der Waals surface area (Å²) in [5, 5.41) is 13.5. The molecule has 0 saturated carbocycles. The topological polar surface area (TPSA) is 52.6 Å². The van der Waals surface area contributed by atoms with E-state index in [0.717, 1.165) is 25.9 Å². The second-order valence-electron chi connectivity index (χ2n) is 5.06. The van der Waals surface area contributed by atoms with E-state index in [1.807, 2.05) is 0 Å². The third-order valence-electron chi connectivity index (χ3n) is 3.47. The molecule has 1 saturated heterocycles. The maximum absolute atomic E-state index is 12.3. The highest BCUT2D eigenvalue weighted by molar-refractivity contribution is 6.31. The third-order valence-corrected chi connectivity index (χ3v) is 3.70. The number of nitrogens with zero attached hydrogens (tertiary/aromatic N) is 1. The van der Waals surface area contributed by atoms with E-state index in [-0.39, 0.29) is 17.2 Å². The Morgan fingerprint density at radius 2 is 2.37 bits per heavy atom. The Balaban J connectivity index is 2.03. The van der Waals surface area contributed by atoms with Crippen LogP contribution in [0, 0.1) is 5.92 Å². The van der Waals surface area contributed by atoms with E-state index in [4.69, 9.17) is 11.6 Å². The SMILES string of the molecule is CN(CC1CCCNC1)C(=O)c1cc(Cl)ccc1O. The molecule has 0 aromatic heterocycles. The molecule has 0 aliphatic carbocycles. The van der Waals surface area contributed by atoms with Crippen LogP contribution in [0.1, 0.15) is 23.2 Å². The predicted octanol–water partition coefficient (Wildman–Crippen LogP) is 2.12. The van der Waals surface area contributed by atoms with Crippen molar-refractivity contribution in [3.63, 3.8) is 0 Å². The Kier molecular flexibility index (Phi) is 4.66. The van der Waals surface area contributed by atoms with E-state index in [9.17, 15) is 9.90 Å². The first-order valence-electron chi connectivity index (χ1n) is 6.52. The molecule has 1 aromatic rings. The summed E-state index contributed by atoms with van der Waals surface area (Å²) in [6.07, 6.45) is 2.28. The molecular formula is C14H19ClN2O2. The number of amides is 1. The van der Waals surface area contributed by atoms with Crippen molar-refractivity contribution >= 4 is 17.5 Å². The quantitative estimate of drug-likeness (QED) is 0.893. The molecule has 2 rings (SSSR count). The monoisotopic (exact) mass is 282 g/mol. The molecule has 5 heteroatoms. The number of aromatic hydroxyl groups is 1. The molecule has 19 heavy (non-hydrogen) atoms. The van der Waals surface area contributed by atoms with Gasteiger partial charge < -0.3 is 15.3 Å². The van der Waals surface area contributed by atoms with Crippen LogP contribution in [0.4, 0.5) is 0 Å². The van der Waals surface area contributed by atoms with Crippen LogP contribution in [0.2, 0.25) is 5.02 Å². The molecule has 0 spiro atoms. The van der Waals surface area contributed by atoms with E-state index < -0.39 is 0 Å². The minimum atomic E-state index is -0.189. The standard InChI is InChI=1S/C14H19ClN2O2/c1-17(9-10-3-2-6-16-8-10)14(19)12-7-11(15)4-5-13(12)18/h4-5,7,10,16,18H,2-3,6,8-9H2,1H3. The van der Waals surface area contributed by atoms with Gasteiger partial charge in [-0.05, 0) is 50.0 Å². The second kappa shape index (κ2) is 6.26. The van der Waals surface area contributed by atoms with Gasteiger partial charge in [-0.1, -0.05) is 11.6 Å². The number of hydrogen-bond acceptors (Lipinski definition) is 3. The molecule has 1 unspecified atom stereocenters. The fraction of sp³-hybridized carbons (Fsp3) is 0.500. The molecule has 1 atom stereocenters. The number of carbonyl (C=O) groups is 1. The number of hydrogen-bond donors (Lipinski definition) is 2. The zero-order valence-corrected chi connectivity index (χ0v) is 11.8. The Bertz CT molecular complexity index is 459. The molecule has 0 bridgehead atoms. The lowest BCUT2D eigenvalue weighted by Crippen LogP contribution is -2.39. The molecule has 1 amide bonds. The summed E-state index contributed by atoms with van der Waals surface area (Å²) in [5.74, 6) is 0.262. The van der Waals surface area contributed by atoms with Crippen molar-refractivity contribution in [2.75, 3.05) is 26.7 Å². The van der Waals surface area contributed by atoms with E-state index in [0.29, 0.717) is 17.5 Å². The van der Waals surface area contributed by atoms with Crippen molar-refractivity contribution in [3.05, 3.63) is 28.8 Å². The summed E-state index contributed by atoms with van der Waals surface area (Å²) in [6, 6.07) is 4.53. The van der Waals surface area contributed by atoms with Crippen LogP contribution in [0.5, 0.6) is 5.75 Å². The zero-order valence-electron chi connectivity index (χ0n) is 11.0. The number of nitrogens with one attached hydrogen (secondary N) is 1. The summed E-state index contributed by atoms with van der Waals surface area (Å²) in [5.41, 5.74) is 0.263. The largest absolute Gasteiger partial charge is 0.507 e. The van der Waals surface area contributed by atoms with E-state index >= 15 is 0 Å². The van der Waals surface area contributed by atoms with Gasteiger partial charge in [0.15, 0.2) is 0 Å². The highest BCUT2D eigenvalue weighted by atomic mass is 35.5. The van der Waals surface area contributed by atoms with Gasteiger partial charge in [0.25, 0.3) is 5.91 Å². The van der Waals surface area contributed by atoms with Crippen molar-refractivity contribution < 1.29 is 9.90 Å². The first kappa shape index (κ1) is 14.2.